The predicted octanol–water partition coefficient (Wildman–Crippen LogP) is 1.51. The molecule has 1 atom stereocenters. The van der Waals surface area contributed by atoms with Crippen LogP contribution in [0.2, 0.25) is 5.15 Å². The quantitative estimate of drug-likeness (QED) is 0.835. The van der Waals surface area contributed by atoms with Crippen molar-refractivity contribution in [3.63, 3.8) is 0 Å². The third-order valence-electron chi connectivity index (χ3n) is 3.18. The van der Waals surface area contributed by atoms with E-state index in [0.29, 0.717) is 18.5 Å². The highest BCUT2D eigenvalue weighted by Crippen LogP contribution is 2.16. The fraction of sp³-hybridized carbons (Fsp3) is 0.692. The van der Waals surface area contributed by atoms with Gasteiger partial charge in [0.15, 0.2) is 0 Å². The molecule has 0 amide bonds. The van der Waals surface area contributed by atoms with Gasteiger partial charge in [0, 0.05) is 6.54 Å². The van der Waals surface area contributed by atoms with Crippen molar-refractivity contribution >= 4 is 11.6 Å². The SMILES string of the molecule is CCc1c(Cl)[nH]c(=O)n(C(CN(C)C)C(C)C)c1=O. The maximum Gasteiger partial charge on any atom is 0.329 e. The molecule has 1 heterocycles. The maximum atomic E-state index is 12.4. The topological polar surface area (TPSA) is 58.1 Å². The molecule has 0 saturated heterocycles. The van der Waals surface area contributed by atoms with Crippen molar-refractivity contribution in [1.82, 2.24) is 14.5 Å². The highest BCUT2D eigenvalue weighted by Gasteiger charge is 2.22. The van der Waals surface area contributed by atoms with Gasteiger partial charge < -0.3 is 4.90 Å². The molecule has 5 nitrogen and oxygen atoms in total. The molecule has 0 aliphatic carbocycles. The number of aromatic amines is 1. The van der Waals surface area contributed by atoms with Crippen LogP contribution in [0.4, 0.5) is 0 Å². The van der Waals surface area contributed by atoms with Crippen LogP contribution in [0.15, 0.2) is 9.59 Å². The number of nitrogens with one attached hydrogen (secondary N) is 1. The van der Waals surface area contributed by atoms with E-state index in [4.69, 9.17) is 11.6 Å². The molecule has 0 fully saturated rings. The lowest BCUT2D eigenvalue weighted by Crippen LogP contribution is -2.44. The van der Waals surface area contributed by atoms with E-state index in [-0.39, 0.29) is 22.7 Å². The lowest BCUT2D eigenvalue weighted by Gasteiger charge is -2.26. The number of rotatable bonds is 5. The molecule has 0 saturated carbocycles. The van der Waals surface area contributed by atoms with E-state index in [1.54, 1.807) is 0 Å². The Hall–Kier alpha value is -1.07. The maximum absolute atomic E-state index is 12.4. The first kappa shape index (κ1) is 16.0. The zero-order valence-electron chi connectivity index (χ0n) is 12.2. The van der Waals surface area contributed by atoms with Crippen LogP contribution < -0.4 is 11.2 Å². The molecule has 0 aliphatic rings. The average Bonchev–Trinajstić information content (AvgIpc) is 2.26. The van der Waals surface area contributed by atoms with Gasteiger partial charge in [0.25, 0.3) is 5.56 Å². The Kier molecular flexibility index (Phi) is 5.38. The van der Waals surface area contributed by atoms with E-state index in [1.807, 2.05) is 39.8 Å². The van der Waals surface area contributed by atoms with Gasteiger partial charge in [-0.2, -0.15) is 0 Å². The first-order valence-corrected chi connectivity index (χ1v) is 6.85. The van der Waals surface area contributed by atoms with Crippen LogP contribution in [0.1, 0.15) is 32.4 Å². The Labute approximate surface area is 118 Å². The smallest absolute Gasteiger partial charge is 0.307 e. The number of hydrogen-bond acceptors (Lipinski definition) is 3. The van der Waals surface area contributed by atoms with Crippen LogP contribution in [0, 0.1) is 5.92 Å². The summed E-state index contributed by atoms with van der Waals surface area (Å²) < 4.78 is 1.30. The van der Waals surface area contributed by atoms with Crippen LogP contribution in [0.25, 0.3) is 0 Å². The molecule has 0 aliphatic heterocycles. The van der Waals surface area contributed by atoms with Gasteiger partial charge in [-0.25, -0.2) is 4.79 Å². The summed E-state index contributed by atoms with van der Waals surface area (Å²) in [6.07, 6.45) is 0.501. The highest BCUT2D eigenvalue weighted by atomic mass is 35.5. The van der Waals surface area contributed by atoms with Crippen molar-refractivity contribution in [2.75, 3.05) is 20.6 Å². The van der Waals surface area contributed by atoms with Gasteiger partial charge in [-0.3, -0.25) is 14.3 Å². The molecule has 19 heavy (non-hydrogen) atoms. The van der Waals surface area contributed by atoms with Crippen molar-refractivity contribution in [3.05, 3.63) is 31.6 Å². The molecule has 1 rings (SSSR count). The van der Waals surface area contributed by atoms with Gasteiger partial charge in [0.05, 0.1) is 11.6 Å². The van der Waals surface area contributed by atoms with Crippen LogP contribution in [-0.4, -0.2) is 35.1 Å². The molecule has 0 spiro atoms. The number of halogens is 1. The number of H-pyrrole nitrogens is 1. The first-order chi connectivity index (χ1) is 8.79. The van der Waals surface area contributed by atoms with Crippen molar-refractivity contribution in [1.29, 1.82) is 0 Å². The average molecular weight is 288 g/mol. The van der Waals surface area contributed by atoms with Crippen LogP contribution in [-0.2, 0) is 6.42 Å². The van der Waals surface area contributed by atoms with Crippen molar-refractivity contribution in [3.8, 4) is 0 Å². The van der Waals surface area contributed by atoms with Crippen molar-refractivity contribution in [2.24, 2.45) is 5.92 Å². The summed E-state index contributed by atoms with van der Waals surface area (Å²) in [6, 6.07) is -0.172. The summed E-state index contributed by atoms with van der Waals surface area (Å²) in [5.74, 6) is 0.173. The van der Waals surface area contributed by atoms with E-state index >= 15 is 0 Å². The summed E-state index contributed by atoms with van der Waals surface area (Å²) in [7, 11) is 3.84. The lowest BCUT2D eigenvalue weighted by molar-refractivity contribution is 0.258. The Morgan fingerprint density at radius 3 is 2.32 bits per heavy atom. The van der Waals surface area contributed by atoms with Gasteiger partial charge >= 0.3 is 5.69 Å². The first-order valence-electron chi connectivity index (χ1n) is 6.47. The standard InChI is InChI=1S/C13H22ClN3O2/c1-6-9-11(14)15-13(19)17(12(9)18)10(8(2)3)7-16(4)5/h8,10H,6-7H2,1-5H3,(H,15,19). The second-order valence-electron chi connectivity index (χ2n) is 5.33. The van der Waals surface area contributed by atoms with Crippen molar-refractivity contribution in [2.45, 2.75) is 33.2 Å². The van der Waals surface area contributed by atoms with Gasteiger partial charge in [-0.05, 0) is 26.4 Å². The molecule has 1 aromatic rings. The summed E-state index contributed by atoms with van der Waals surface area (Å²) in [4.78, 5) is 29.0. The number of nitrogens with zero attached hydrogens (tertiary/aromatic N) is 2. The molecule has 0 aromatic carbocycles. The molecule has 6 heteroatoms. The van der Waals surface area contributed by atoms with Gasteiger partial charge in [-0.15, -0.1) is 0 Å². The minimum Gasteiger partial charge on any atom is -0.307 e. The van der Waals surface area contributed by atoms with E-state index in [1.165, 1.54) is 4.57 Å². The normalized spacial score (nSPS) is 13.3. The van der Waals surface area contributed by atoms with Gasteiger partial charge in [-0.1, -0.05) is 32.4 Å². The largest absolute Gasteiger partial charge is 0.329 e. The molecule has 1 unspecified atom stereocenters. The Bertz CT molecular complexity index is 546. The molecule has 108 valence electrons. The number of likely N-dealkylation sites (N-methyl/N-ethyl adjacent to an activating group) is 1. The molecular formula is C13H22ClN3O2. The third-order valence-corrected chi connectivity index (χ3v) is 3.51. The van der Waals surface area contributed by atoms with Gasteiger partial charge in [0.2, 0.25) is 0 Å². The Balaban J connectivity index is 3.47. The zero-order chi connectivity index (χ0) is 14.7. The molecule has 0 bridgehead atoms. The summed E-state index contributed by atoms with van der Waals surface area (Å²) >= 11 is 5.92. The Morgan fingerprint density at radius 1 is 1.32 bits per heavy atom. The molecular weight excluding hydrogens is 266 g/mol. The summed E-state index contributed by atoms with van der Waals surface area (Å²) in [5.41, 5.74) is -0.254. The Morgan fingerprint density at radius 2 is 1.89 bits per heavy atom. The highest BCUT2D eigenvalue weighted by molar-refractivity contribution is 6.30. The van der Waals surface area contributed by atoms with E-state index in [0.717, 1.165) is 0 Å². The fourth-order valence-corrected chi connectivity index (χ4v) is 2.43. The minimum atomic E-state index is -0.437. The molecule has 0 radical (unpaired) electrons. The number of aromatic nitrogens is 2. The third kappa shape index (κ3) is 3.48. The summed E-state index contributed by atoms with van der Waals surface area (Å²) in [5, 5.41) is 0.154. The van der Waals surface area contributed by atoms with Crippen LogP contribution in [0.5, 0.6) is 0 Å². The van der Waals surface area contributed by atoms with Crippen LogP contribution in [0.3, 0.4) is 0 Å². The number of hydrogen-bond donors (Lipinski definition) is 1. The molecule has 1 aromatic heterocycles. The van der Waals surface area contributed by atoms with E-state index < -0.39 is 5.69 Å². The second-order valence-corrected chi connectivity index (χ2v) is 5.70. The van der Waals surface area contributed by atoms with Crippen molar-refractivity contribution < 1.29 is 0 Å². The predicted molar refractivity (Wildman–Crippen MR) is 78.1 cm³/mol. The van der Waals surface area contributed by atoms with E-state index in [9.17, 15) is 9.59 Å². The zero-order valence-corrected chi connectivity index (χ0v) is 12.9. The fourth-order valence-electron chi connectivity index (χ4n) is 2.13. The monoisotopic (exact) mass is 287 g/mol. The lowest BCUT2D eigenvalue weighted by atomic mass is 10.0. The van der Waals surface area contributed by atoms with Crippen LogP contribution >= 0.6 is 11.6 Å². The summed E-state index contributed by atoms with van der Waals surface area (Å²) in [6.45, 7) is 6.48. The molecule has 1 N–H and O–H groups in total. The van der Waals surface area contributed by atoms with E-state index in [2.05, 4.69) is 4.98 Å². The van der Waals surface area contributed by atoms with Gasteiger partial charge in [0.1, 0.15) is 5.15 Å². The second kappa shape index (κ2) is 6.39. The minimum absolute atomic E-state index is 0.154.